The molecule has 170 valence electrons. The predicted octanol–water partition coefficient (Wildman–Crippen LogP) is 5.02. The maximum atomic E-state index is 13.8. The highest BCUT2D eigenvalue weighted by Crippen LogP contribution is 2.34. The summed E-state index contributed by atoms with van der Waals surface area (Å²) in [6.07, 6.45) is 3.21. The van der Waals surface area contributed by atoms with E-state index in [1.807, 2.05) is 30.3 Å². The first-order chi connectivity index (χ1) is 16.5. The average Bonchev–Trinajstić information content (AvgIpc) is 3.29. The summed E-state index contributed by atoms with van der Waals surface area (Å²) >= 11 is 0. The van der Waals surface area contributed by atoms with Crippen LogP contribution in [-0.4, -0.2) is 36.6 Å². The van der Waals surface area contributed by atoms with Crippen LogP contribution in [0.15, 0.2) is 96.2 Å². The topological polar surface area (TPSA) is 83.3 Å². The third-order valence-corrected chi connectivity index (χ3v) is 7.27. The number of benzene rings is 3. The molecule has 0 radical (unpaired) electrons. The second-order valence-corrected chi connectivity index (χ2v) is 9.34. The van der Waals surface area contributed by atoms with E-state index in [0.29, 0.717) is 28.3 Å². The highest BCUT2D eigenvalue weighted by molar-refractivity contribution is 7.90. The third-order valence-electron chi connectivity index (χ3n) is 5.53. The summed E-state index contributed by atoms with van der Waals surface area (Å²) in [5.74, 6) is 1.29. The van der Waals surface area contributed by atoms with E-state index in [4.69, 9.17) is 14.5 Å². The van der Waals surface area contributed by atoms with Gasteiger partial charge in [0.25, 0.3) is 10.0 Å². The highest BCUT2D eigenvalue weighted by atomic mass is 32.2. The molecule has 0 aliphatic heterocycles. The monoisotopic (exact) mass is 471 g/mol. The molecule has 8 heteroatoms. The zero-order valence-corrected chi connectivity index (χ0v) is 19.4. The van der Waals surface area contributed by atoms with E-state index in [0.717, 1.165) is 16.7 Å². The third kappa shape index (κ3) is 3.78. The molecule has 5 rings (SSSR count). The van der Waals surface area contributed by atoms with Crippen molar-refractivity contribution in [2.45, 2.75) is 4.90 Å². The van der Waals surface area contributed by atoms with Crippen LogP contribution in [0, 0.1) is 0 Å². The van der Waals surface area contributed by atoms with Crippen molar-refractivity contribution in [2.24, 2.45) is 0 Å². The van der Waals surface area contributed by atoms with Gasteiger partial charge in [-0.05, 0) is 54.6 Å². The van der Waals surface area contributed by atoms with Gasteiger partial charge in [0.05, 0.1) is 48.4 Å². The molecule has 0 saturated heterocycles. The molecule has 0 aliphatic rings. The summed E-state index contributed by atoms with van der Waals surface area (Å²) in [6, 6.07) is 22.9. The summed E-state index contributed by atoms with van der Waals surface area (Å²) in [4.78, 5) is 9.28. The van der Waals surface area contributed by atoms with Crippen LogP contribution < -0.4 is 9.47 Å². The lowest BCUT2D eigenvalue weighted by Crippen LogP contribution is -2.14. The lowest BCUT2D eigenvalue weighted by molar-refractivity contribution is 0.415. The molecule has 3 aromatic carbocycles. The molecule has 0 amide bonds. The van der Waals surface area contributed by atoms with Gasteiger partial charge in [0.2, 0.25) is 0 Å². The molecule has 0 bridgehead atoms. The van der Waals surface area contributed by atoms with Crippen LogP contribution in [0.3, 0.4) is 0 Å². The van der Waals surface area contributed by atoms with Gasteiger partial charge in [-0.15, -0.1) is 0 Å². The van der Waals surface area contributed by atoms with Crippen LogP contribution in [0.2, 0.25) is 0 Å². The Bertz CT molecular complexity index is 1580. The molecule has 0 aliphatic carbocycles. The summed E-state index contributed by atoms with van der Waals surface area (Å²) in [5.41, 5.74) is 2.80. The maximum Gasteiger partial charge on any atom is 0.268 e. The maximum absolute atomic E-state index is 13.8. The molecule has 5 aromatic rings. The lowest BCUT2D eigenvalue weighted by Gasteiger charge is -2.13. The minimum absolute atomic E-state index is 0.177. The van der Waals surface area contributed by atoms with Gasteiger partial charge in [0.15, 0.2) is 0 Å². The van der Waals surface area contributed by atoms with Gasteiger partial charge in [-0.1, -0.05) is 18.2 Å². The van der Waals surface area contributed by atoms with Crippen LogP contribution in [0.5, 0.6) is 11.5 Å². The molecule has 0 saturated carbocycles. The summed E-state index contributed by atoms with van der Waals surface area (Å²) in [7, 11) is -0.782. The fourth-order valence-corrected chi connectivity index (χ4v) is 5.34. The van der Waals surface area contributed by atoms with E-state index in [2.05, 4.69) is 4.98 Å². The Kier molecular flexibility index (Phi) is 5.51. The normalized spacial score (nSPS) is 11.5. The second kappa shape index (κ2) is 8.64. The van der Waals surface area contributed by atoms with E-state index >= 15 is 0 Å². The summed E-state index contributed by atoms with van der Waals surface area (Å²) in [6.45, 7) is 0. The number of rotatable bonds is 6. The van der Waals surface area contributed by atoms with Crippen molar-refractivity contribution in [3.05, 3.63) is 91.3 Å². The van der Waals surface area contributed by atoms with Crippen molar-refractivity contribution in [2.75, 3.05) is 14.2 Å². The largest absolute Gasteiger partial charge is 0.497 e. The van der Waals surface area contributed by atoms with Gasteiger partial charge in [0.1, 0.15) is 17.2 Å². The quantitative estimate of drug-likeness (QED) is 0.346. The number of aromatic nitrogens is 3. The Morgan fingerprint density at radius 2 is 1.44 bits per heavy atom. The van der Waals surface area contributed by atoms with Gasteiger partial charge in [-0.3, -0.25) is 4.98 Å². The number of methoxy groups -OCH3 is 2. The fraction of sp³-hybridized carbons (Fsp3) is 0.0769. The standard InChI is InChI=1S/C26H21N3O4S/c1-32-20-11-8-18(9-12-20)23-16-27-17-24(28-23)26-14-19-10-13-21(33-2)15-25(19)29(26)34(30,31)22-6-4-3-5-7-22/h3-17H,1-2H3. The Hall–Kier alpha value is -4.17. The number of hydrogen-bond acceptors (Lipinski definition) is 6. The molecule has 0 fully saturated rings. The second-order valence-electron chi connectivity index (χ2n) is 7.55. The van der Waals surface area contributed by atoms with E-state index in [1.165, 1.54) is 3.97 Å². The van der Waals surface area contributed by atoms with Crippen molar-refractivity contribution in [1.82, 2.24) is 13.9 Å². The first-order valence-corrected chi connectivity index (χ1v) is 11.9. The SMILES string of the molecule is COc1ccc(-c2cncc(-c3cc4ccc(OC)cc4n3S(=O)(=O)c3ccccc3)n2)cc1. The van der Waals surface area contributed by atoms with Gasteiger partial charge in [0, 0.05) is 17.0 Å². The predicted molar refractivity (Wildman–Crippen MR) is 131 cm³/mol. The van der Waals surface area contributed by atoms with Crippen LogP contribution in [0.1, 0.15) is 0 Å². The Morgan fingerprint density at radius 1 is 0.765 bits per heavy atom. The van der Waals surface area contributed by atoms with Gasteiger partial charge >= 0.3 is 0 Å². The molecule has 34 heavy (non-hydrogen) atoms. The van der Waals surface area contributed by atoms with Crippen molar-refractivity contribution in [3.63, 3.8) is 0 Å². The zero-order chi connectivity index (χ0) is 23.7. The van der Waals surface area contributed by atoms with Crippen LogP contribution in [0.4, 0.5) is 0 Å². The van der Waals surface area contributed by atoms with Crippen molar-refractivity contribution >= 4 is 20.9 Å². The minimum atomic E-state index is -3.94. The smallest absolute Gasteiger partial charge is 0.268 e. The minimum Gasteiger partial charge on any atom is -0.497 e. The molecule has 0 atom stereocenters. The Balaban J connectivity index is 1.74. The zero-order valence-electron chi connectivity index (χ0n) is 18.5. The highest BCUT2D eigenvalue weighted by Gasteiger charge is 2.25. The molecular formula is C26H21N3O4S. The van der Waals surface area contributed by atoms with E-state index in [1.54, 1.807) is 75.1 Å². The van der Waals surface area contributed by atoms with Crippen LogP contribution in [-0.2, 0) is 10.0 Å². The summed E-state index contributed by atoms with van der Waals surface area (Å²) in [5, 5.41) is 0.743. The molecule has 7 nitrogen and oxygen atoms in total. The molecule has 0 unspecified atom stereocenters. The Morgan fingerprint density at radius 3 is 2.15 bits per heavy atom. The Labute approximate surface area is 197 Å². The fourth-order valence-electron chi connectivity index (χ4n) is 3.81. The number of hydrogen-bond donors (Lipinski definition) is 0. The number of ether oxygens (including phenoxy) is 2. The number of fused-ring (bicyclic) bond motifs is 1. The molecule has 0 N–H and O–H groups in total. The molecule has 2 heterocycles. The van der Waals surface area contributed by atoms with Crippen LogP contribution in [0.25, 0.3) is 33.5 Å². The molecular weight excluding hydrogens is 450 g/mol. The first kappa shape index (κ1) is 21.7. The number of nitrogens with zero attached hydrogens (tertiary/aromatic N) is 3. The van der Waals surface area contributed by atoms with Gasteiger partial charge in [-0.2, -0.15) is 0 Å². The van der Waals surface area contributed by atoms with Gasteiger partial charge < -0.3 is 9.47 Å². The summed E-state index contributed by atoms with van der Waals surface area (Å²) < 4.78 is 39.5. The lowest BCUT2D eigenvalue weighted by atomic mass is 10.1. The van der Waals surface area contributed by atoms with Crippen LogP contribution >= 0.6 is 0 Å². The van der Waals surface area contributed by atoms with E-state index < -0.39 is 10.0 Å². The van der Waals surface area contributed by atoms with E-state index in [9.17, 15) is 8.42 Å². The van der Waals surface area contributed by atoms with E-state index in [-0.39, 0.29) is 4.90 Å². The van der Waals surface area contributed by atoms with Crippen molar-refractivity contribution < 1.29 is 17.9 Å². The molecule has 0 spiro atoms. The van der Waals surface area contributed by atoms with Crippen molar-refractivity contribution in [1.29, 1.82) is 0 Å². The first-order valence-electron chi connectivity index (χ1n) is 10.5. The molecule has 2 aromatic heterocycles. The van der Waals surface area contributed by atoms with Crippen molar-refractivity contribution in [3.8, 4) is 34.1 Å². The average molecular weight is 472 g/mol. The van der Waals surface area contributed by atoms with Gasteiger partial charge in [-0.25, -0.2) is 17.4 Å².